The lowest BCUT2D eigenvalue weighted by Crippen LogP contribution is -2.28. The average Bonchev–Trinajstić information content (AvgIpc) is 2.35. The highest BCUT2D eigenvalue weighted by atomic mass is 32.2. The van der Waals surface area contributed by atoms with Gasteiger partial charge in [0.25, 0.3) is 5.69 Å². The standard InChI is InChI=1S/C11H17N3O4S/c1-3-8(2)7-13-19(17,18)9-4-5-11(14(15)16)10(12)6-9/h4-6,8,13H,3,7,12H2,1-2H3. The molecule has 1 aromatic carbocycles. The number of nitrogens with two attached hydrogens (primary N) is 1. The first-order chi connectivity index (χ1) is 8.77. The third-order valence-electron chi connectivity index (χ3n) is 2.82. The van der Waals surface area contributed by atoms with Crippen molar-refractivity contribution in [3.05, 3.63) is 28.3 Å². The van der Waals surface area contributed by atoms with Gasteiger partial charge in [0.05, 0.1) is 9.82 Å². The van der Waals surface area contributed by atoms with Crippen molar-refractivity contribution in [2.45, 2.75) is 25.2 Å². The van der Waals surface area contributed by atoms with Crippen molar-refractivity contribution < 1.29 is 13.3 Å². The number of hydrogen-bond acceptors (Lipinski definition) is 5. The molecule has 106 valence electrons. The minimum Gasteiger partial charge on any atom is -0.393 e. The second-order valence-corrected chi connectivity index (χ2v) is 6.11. The molecule has 19 heavy (non-hydrogen) atoms. The molecule has 0 bridgehead atoms. The lowest BCUT2D eigenvalue weighted by atomic mass is 10.1. The van der Waals surface area contributed by atoms with Crippen LogP contribution < -0.4 is 10.5 Å². The van der Waals surface area contributed by atoms with E-state index in [9.17, 15) is 18.5 Å². The molecule has 0 heterocycles. The number of nitrogens with one attached hydrogen (secondary N) is 1. The fraction of sp³-hybridized carbons (Fsp3) is 0.455. The summed E-state index contributed by atoms with van der Waals surface area (Å²) >= 11 is 0. The van der Waals surface area contributed by atoms with E-state index >= 15 is 0 Å². The molecule has 0 aliphatic rings. The van der Waals surface area contributed by atoms with Crippen LogP contribution in [0.25, 0.3) is 0 Å². The molecule has 1 aromatic rings. The van der Waals surface area contributed by atoms with Crippen LogP contribution in [0, 0.1) is 16.0 Å². The summed E-state index contributed by atoms with van der Waals surface area (Å²) in [5, 5.41) is 10.6. The maximum atomic E-state index is 11.9. The van der Waals surface area contributed by atoms with E-state index < -0.39 is 14.9 Å². The minimum atomic E-state index is -3.68. The number of benzene rings is 1. The summed E-state index contributed by atoms with van der Waals surface area (Å²) in [6.07, 6.45) is 0.852. The molecule has 3 N–H and O–H groups in total. The Hall–Kier alpha value is -1.67. The number of anilines is 1. The van der Waals surface area contributed by atoms with Crippen molar-refractivity contribution in [1.82, 2.24) is 4.72 Å². The van der Waals surface area contributed by atoms with Gasteiger partial charge >= 0.3 is 0 Å². The van der Waals surface area contributed by atoms with Crippen LogP contribution in [-0.4, -0.2) is 19.9 Å². The highest BCUT2D eigenvalue weighted by molar-refractivity contribution is 7.89. The van der Waals surface area contributed by atoms with Crippen molar-refractivity contribution in [2.24, 2.45) is 5.92 Å². The first-order valence-electron chi connectivity index (χ1n) is 5.81. The molecule has 0 radical (unpaired) electrons. The van der Waals surface area contributed by atoms with Gasteiger partial charge in [-0.15, -0.1) is 0 Å². The van der Waals surface area contributed by atoms with Crippen LogP contribution in [0.5, 0.6) is 0 Å². The fourth-order valence-electron chi connectivity index (χ4n) is 1.35. The summed E-state index contributed by atoms with van der Waals surface area (Å²) in [6.45, 7) is 4.20. The average molecular weight is 287 g/mol. The van der Waals surface area contributed by atoms with Gasteiger partial charge in [-0.25, -0.2) is 13.1 Å². The van der Waals surface area contributed by atoms with Crippen LogP contribution in [0.15, 0.2) is 23.1 Å². The lowest BCUT2D eigenvalue weighted by Gasteiger charge is -2.11. The number of nitro groups is 1. The molecule has 0 saturated carbocycles. The molecule has 0 spiro atoms. The van der Waals surface area contributed by atoms with E-state index in [2.05, 4.69) is 4.72 Å². The van der Waals surface area contributed by atoms with Crippen molar-refractivity contribution in [1.29, 1.82) is 0 Å². The molecule has 7 nitrogen and oxygen atoms in total. The number of rotatable bonds is 6. The number of nitro benzene ring substituents is 1. The van der Waals surface area contributed by atoms with Crippen molar-refractivity contribution >= 4 is 21.4 Å². The topological polar surface area (TPSA) is 115 Å². The molecule has 0 saturated heterocycles. The van der Waals surface area contributed by atoms with Gasteiger partial charge in [-0.3, -0.25) is 10.1 Å². The summed E-state index contributed by atoms with van der Waals surface area (Å²) in [5.41, 5.74) is 4.99. The van der Waals surface area contributed by atoms with Gasteiger partial charge in [-0.1, -0.05) is 20.3 Å². The molecule has 1 unspecified atom stereocenters. The van der Waals surface area contributed by atoms with Crippen LogP contribution >= 0.6 is 0 Å². The van der Waals surface area contributed by atoms with E-state index in [4.69, 9.17) is 5.73 Å². The second-order valence-electron chi connectivity index (χ2n) is 4.34. The maximum Gasteiger partial charge on any atom is 0.292 e. The van der Waals surface area contributed by atoms with E-state index in [0.29, 0.717) is 6.54 Å². The Morgan fingerprint density at radius 2 is 2.11 bits per heavy atom. The molecule has 0 aliphatic heterocycles. The van der Waals surface area contributed by atoms with Crippen LogP contribution in [0.3, 0.4) is 0 Å². The van der Waals surface area contributed by atoms with Crippen LogP contribution in [0.1, 0.15) is 20.3 Å². The van der Waals surface area contributed by atoms with Gasteiger partial charge in [-0.05, 0) is 18.1 Å². The van der Waals surface area contributed by atoms with Gasteiger partial charge in [0.15, 0.2) is 0 Å². The Kier molecular flexibility index (Phi) is 4.84. The normalized spacial score (nSPS) is 13.2. The van der Waals surface area contributed by atoms with Crippen LogP contribution in [-0.2, 0) is 10.0 Å². The fourth-order valence-corrected chi connectivity index (χ4v) is 2.55. The van der Waals surface area contributed by atoms with Crippen molar-refractivity contribution in [3.8, 4) is 0 Å². The quantitative estimate of drug-likeness (QED) is 0.467. The molecule has 1 atom stereocenters. The monoisotopic (exact) mass is 287 g/mol. The summed E-state index contributed by atoms with van der Waals surface area (Å²) in [4.78, 5) is 9.87. The first kappa shape index (κ1) is 15.4. The Morgan fingerprint density at radius 3 is 2.58 bits per heavy atom. The van der Waals surface area contributed by atoms with E-state index in [0.717, 1.165) is 18.6 Å². The first-order valence-corrected chi connectivity index (χ1v) is 7.29. The smallest absolute Gasteiger partial charge is 0.292 e. The molecule has 0 aliphatic carbocycles. The lowest BCUT2D eigenvalue weighted by molar-refractivity contribution is -0.383. The molecule has 0 fully saturated rings. The highest BCUT2D eigenvalue weighted by Gasteiger charge is 2.19. The molecule has 0 aromatic heterocycles. The Labute approximate surface area is 112 Å². The third-order valence-corrected chi connectivity index (χ3v) is 4.25. The zero-order chi connectivity index (χ0) is 14.6. The van der Waals surface area contributed by atoms with Gasteiger partial charge in [0.2, 0.25) is 10.0 Å². The van der Waals surface area contributed by atoms with Gasteiger partial charge < -0.3 is 5.73 Å². The van der Waals surface area contributed by atoms with E-state index in [-0.39, 0.29) is 22.2 Å². The van der Waals surface area contributed by atoms with Gasteiger partial charge in [0, 0.05) is 12.6 Å². The van der Waals surface area contributed by atoms with E-state index in [1.165, 1.54) is 6.07 Å². The Morgan fingerprint density at radius 1 is 1.47 bits per heavy atom. The van der Waals surface area contributed by atoms with Crippen molar-refractivity contribution in [3.63, 3.8) is 0 Å². The van der Waals surface area contributed by atoms with E-state index in [1.807, 2.05) is 13.8 Å². The minimum absolute atomic E-state index is 0.0705. The summed E-state index contributed by atoms with van der Waals surface area (Å²) in [5.74, 6) is 0.213. The maximum absolute atomic E-state index is 11.9. The number of sulfonamides is 1. The number of hydrogen-bond donors (Lipinski definition) is 2. The Balaban J connectivity index is 2.96. The summed E-state index contributed by atoms with van der Waals surface area (Å²) in [7, 11) is -3.68. The predicted molar refractivity (Wildman–Crippen MR) is 72.2 cm³/mol. The summed E-state index contributed by atoms with van der Waals surface area (Å²) in [6, 6.07) is 3.36. The molecular weight excluding hydrogens is 270 g/mol. The Bertz CT molecular complexity index is 571. The molecule has 1 rings (SSSR count). The number of nitrogen functional groups attached to an aromatic ring is 1. The SMILES string of the molecule is CCC(C)CNS(=O)(=O)c1ccc([N+](=O)[O-])c(N)c1. The van der Waals surface area contributed by atoms with Crippen LogP contribution in [0.2, 0.25) is 0 Å². The molecule has 0 amide bonds. The summed E-state index contributed by atoms with van der Waals surface area (Å²) < 4.78 is 26.3. The zero-order valence-corrected chi connectivity index (χ0v) is 11.6. The number of nitrogens with zero attached hydrogens (tertiary/aromatic N) is 1. The molecular formula is C11H17N3O4S. The molecule has 8 heteroatoms. The van der Waals surface area contributed by atoms with Crippen molar-refractivity contribution in [2.75, 3.05) is 12.3 Å². The third kappa shape index (κ3) is 3.90. The van der Waals surface area contributed by atoms with Gasteiger partial charge in [-0.2, -0.15) is 0 Å². The zero-order valence-electron chi connectivity index (χ0n) is 10.8. The van der Waals surface area contributed by atoms with E-state index in [1.54, 1.807) is 0 Å². The highest BCUT2D eigenvalue weighted by Crippen LogP contribution is 2.24. The van der Waals surface area contributed by atoms with Gasteiger partial charge in [0.1, 0.15) is 5.69 Å². The largest absolute Gasteiger partial charge is 0.393 e. The van der Waals surface area contributed by atoms with Crippen LogP contribution in [0.4, 0.5) is 11.4 Å². The predicted octanol–water partition coefficient (Wildman–Crippen LogP) is 1.50. The second kappa shape index (κ2) is 5.98.